The van der Waals surface area contributed by atoms with Gasteiger partial charge in [0, 0.05) is 31.4 Å². The van der Waals surface area contributed by atoms with Crippen LogP contribution in [0.1, 0.15) is 49.2 Å². The smallest absolute Gasteiger partial charge is 0.136 e. The minimum atomic E-state index is -0.00131. The summed E-state index contributed by atoms with van der Waals surface area (Å²) >= 11 is 0. The molecule has 2 heterocycles. The van der Waals surface area contributed by atoms with Gasteiger partial charge in [0.2, 0.25) is 0 Å². The van der Waals surface area contributed by atoms with Crippen molar-refractivity contribution in [2.75, 3.05) is 13.7 Å². The molecule has 1 fully saturated rings. The fourth-order valence-electron chi connectivity index (χ4n) is 3.27. The summed E-state index contributed by atoms with van der Waals surface area (Å²) in [6, 6.07) is 10.4. The molecule has 0 amide bonds. The van der Waals surface area contributed by atoms with E-state index in [0.29, 0.717) is 23.9 Å². The number of nitrogens with one attached hydrogen (secondary N) is 1. The van der Waals surface area contributed by atoms with Gasteiger partial charge in [-0.2, -0.15) is 10.4 Å². The first kappa shape index (κ1) is 17.5. The molecule has 0 unspecified atom stereocenters. The number of nitriles is 1. The Bertz CT molecular complexity index is 763. The largest absolute Gasteiger partial charge is 0.495 e. The van der Waals surface area contributed by atoms with E-state index in [1.807, 2.05) is 35.1 Å². The van der Waals surface area contributed by atoms with Crippen LogP contribution in [-0.2, 0) is 11.3 Å². The quantitative estimate of drug-likeness (QED) is 0.875. The van der Waals surface area contributed by atoms with E-state index >= 15 is 0 Å². The lowest BCUT2D eigenvalue weighted by molar-refractivity contribution is 0.0899. The Kier molecular flexibility index (Phi) is 5.37. The van der Waals surface area contributed by atoms with E-state index in [-0.39, 0.29) is 12.1 Å². The molecule has 0 spiro atoms. The van der Waals surface area contributed by atoms with E-state index in [0.717, 1.165) is 24.3 Å². The average Bonchev–Trinajstić information content (AvgIpc) is 3.28. The van der Waals surface area contributed by atoms with Gasteiger partial charge in [-0.05, 0) is 44.0 Å². The number of rotatable bonds is 6. The Morgan fingerprint density at radius 3 is 3.00 bits per heavy atom. The van der Waals surface area contributed by atoms with Gasteiger partial charge in [-0.3, -0.25) is 4.68 Å². The Morgan fingerprint density at radius 1 is 1.44 bits per heavy atom. The van der Waals surface area contributed by atoms with Crippen molar-refractivity contribution in [2.24, 2.45) is 0 Å². The lowest BCUT2D eigenvalue weighted by atomic mass is 10.1. The number of hydrogen-bond acceptors (Lipinski definition) is 5. The zero-order valence-electron chi connectivity index (χ0n) is 14.9. The van der Waals surface area contributed by atoms with Crippen molar-refractivity contribution in [1.29, 1.82) is 5.26 Å². The van der Waals surface area contributed by atoms with E-state index in [1.54, 1.807) is 7.11 Å². The first-order valence-corrected chi connectivity index (χ1v) is 8.59. The van der Waals surface area contributed by atoms with Gasteiger partial charge in [0.1, 0.15) is 17.9 Å². The van der Waals surface area contributed by atoms with E-state index in [1.165, 1.54) is 0 Å². The van der Waals surface area contributed by atoms with Crippen LogP contribution in [0.15, 0.2) is 30.5 Å². The Hall–Kier alpha value is -2.36. The van der Waals surface area contributed by atoms with Gasteiger partial charge >= 0.3 is 0 Å². The molecular formula is C19H24N4O2. The van der Waals surface area contributed by atoms with Crippen LogP contribution in [0.25, 0.3) is 0 Å². The molecular weight excluding hydrogens is 316 g/mol. The third-order valence-corrected chi connectivity index (χ3v) is 4.53. The summed E-state index contributed by atoms with van der Waals surface area (Å²) < 4.78 is 13.2. The molecule has 0 saturated carbocycles. The highest BCUT2D eigenvalue weighted by molar-refractivity contribution is 5.45. The normalized spacial score (nSPS) is 20.0. The molecule has 2 atom stereocenters. The first-order chi connectivity index (χ1) is 12.1. The molecule has 25 heavy (non-hydrogen) atoms. The van der Waals surface area contributed by atoms with Crippen molar-refractivity contribution < 1.29 is 9.47 Å². The zero-order chi connectivity index (χ0) is 17.8. The Balaban J connectivity index is 1.70. The fourth-order valence-corrected chi connectivity index (χ4v) is 3.27. The summed E-state index contributed by atoms with van der Waals surface area (Å²) in [5.74, 6) is 0.606. The van der Waals surface area contributed by atoms with Crippen LogP contribution in [0.5, 0.6) is 5.75 Å². The third-order valence-electron chi connectivity index (χ3n) is 4.53. The lowest BCUT2D eigenvalue weighted by Gasteiger charge is -2.22. The van der Waals surface area contributed by atoms with Crippen molar-refractivity contribution in [3.05, 3.63) is 47.3 Å². The number of hydrogen-bond donors (Lipinski definition) is 1. The molecule has 1 aliphatic rings. The van der Waals surface area contributed by atoms with Crippen molar-refractivity contribution in [1.82, 2.24) is 15.1 Å². The van der Waals surface area contributed by atoms with Gasteiger partial charge in [0.25, 0.3) is 0 Å². The zero-order valence-corrected chi connectivity index (χ0v) is 14.9. The standard InChI is InChI=1S/C19H24N4O2/c1-13(2)23-17(6-8-22-23)19-16(7-9-25-19)21-12-14-4-5-18(24-3)15(10-14)11-20/h4-6,8,10,13,16,19,21H,7,9,12H2,1-3H3/t16-,19-/m0/s1. The number of nitrogens with zero attached hydrogens (tertiary/aromatic N) is 3. The van der Waals surface area contributed by atoms with Crippen LogP contribution in [0.2, 0.25) is 0 Å². The van der Waals surface area contributed by atoms with Gasteiger partial charge in [-0.1, -0.05) is 6.07 Å². The van der Waals surface area contributed by atoms with Gasteiger partial charge in [-0.25, -0.2) is 0 Å². The maximum Gasteiger partial charge on any atom is 0.136 e. The highest BCUT2D eigenvalue weighted by Crippen LogP contribution is 2.30. The van der Waals surface area contributed by atoms with Crippen molar-refractivity contribution in [3.8, 4) is 11.8 Å². The summed E-state index contributed by atoms with van der Waals surface area (Å²) in [5.41, 5.74) is 2.72. The highest BCUT2D eigenvalue weighted by Gasteiger charge is 2.32. The topological polar surface area (TPSA) is 72.1 Å². The average molecular weight is 340 g/mol. The highest BCUT2D eigenvalue weighted by atomic mass is 16.5. The van der Waals surface area contributed by atoms with Crippen LogP contribution in [0, 0.1) is 11.3 Å². The lowest BCUT2D eigenvalue weighted by Crippen LogP contribution is -2.32. The molecule has 132 valence electrons. The predicted molar refractivity (Wildman–Crippen MR) is 94.3 cm³/mol. The van der Waals surface area contributed by atoms with Crippen LogP contribution in [0.4, 0.5) is 0 Å². The van der Waals surface area contributed by atoms with Crippen LogP contribution < -0.4 is 10.1 Å². The van der Waals surface area contributed by atoms with Crippen molar-refractivity contribution >= 4 is 0 Å². The maximum absolute atomic E-state index is 9.22. The minimum Gasteiger partial charge on any atom is -0.495 e. The molecule has 0 bridgehead atoms. The number of methoxy groups -OCH3 is 1. The van der Waals surface area contributed by atoms with Gasteiger partial charge in [0.15, 0.2) is 0 Å². The molecule has 0 radical (unpaired) electrons. The van der Waals surface area contributed by atoms with Gasteiger partial charge < -0.3 is 14.8 Å². The van der Waals surface area contributed by atoms with Crippen molar-refractivity contribution in [2.45, 2.75) is 45.0 Å². The SMILES string of the molecule is COc1ccc(CN[C@H]2CCO[C@@H]2c2ccnn2C(C)C)cc1C#N. The molecule has 6 heteroatoms. The van der Waals surface area contributed by atoms with Gasteiger partial charge in [0.05, 0.1) is 18.4 Å². The van der Waals surface area contributed by atoms with Crippen LogP contribution >= 0.6 is 0 Å². The molecule has 1 N–H and O–H groups in total. The minimum absolute atomic E-state index is 0.00131. The van der Waals surface area contributed by atoms with Crippen LogP contribution in [-0.4, -0.2) is 29.5 Å². The second-order valence-corrected chi connectivity index (χ2v) is 6.51. The number of ether oxygens (including phenoxy) is 2. The predicted octanol–water partition coefficient (Wildman–Crippen LogP) is 2.96. The molecule has 2 aromatic rings. The molecule has 1 saturated heterocycles. The summed E-state index contributed by atoms with van der Waals surface area (Å²) in [4.78, 5) is 0. The van der Waals surface area contributed by atoms with E-state index in [4.69, 9.17) is 9.47 Å². The summed E-state index contributed by atoms with van der Waals surface area (Å²) in [5, 5.41) is 17.2. The molecule has 1 aliphatic heterocycles. The third kappa shape index (κ3) is 3.68. The van der Waals surface area contributed by atoms with E-state index in [2.05, 4.69) is 30.3 Å². The maximum atomic E-state index is 9.22. The fraction of sp³-hybridized carbons (Fsp3) is 0.474. The van der Waals surface area contributed by atoms with Gasteiger partial charge in [-0.15, -0.1) is 0 Å². The monoisotopic (exact) mass is 340 g/mol. The van der Waals surface area contributed by atoms with Crippen molar-refractivity contribution in [3.63, 3.8) is 0 Å². The molecule has 0 aliphatic carbocycles. The second kappa shape index (κ2) is 7.68. The van der Waals surface area contributed by atoms with E-state index < -0.39 is 0 Å². The summed E-state index contributed by atoms with van der Waals surface area (Å²) in [7, 11) is 1.58. The molecule has 6 nitrogen and oxygen atoms in total. The number of benzene rings is 1. The first-order valence-electron chi connectivity index (χ1n) is 8.59. The van der Waals surface area contributed by atoms with Crippen LogP contribution in [0.3, 0.4) is 0 Å². The second-order valence-electron chi connectivity index (χ2n) is 6.51. The molecule has 1 aromatic heterocycles. The van der Waals surface area contributed by atoms with E-state index in [9.17, 15) is 5.26 Å². The Labute approximate surface area is 148 Å². The molecule has 1 aromatic carbocycles. The summed E-state index contributed by atoms with van der Waals surface area (Å²) in [6.07, 6.45) is 2.78. The molecule has 3 rings (SSSR count). The Morgan fingerprint density at radius 2 is 2.28 bits per heavy atom. The number of aromatic nitrogens is 2. The summed E-state index contributed by atoms with van der Waals surface area (Å²) in [6.45, 7) is 5.65.